The van der Waals surface area contributed by atoms with Gasteiger partial charge in [-0.05, 0) is 32.4 Å². The Kier molecular flexibility index (Phi) is 8.18. The maximum absolute atomic E-state index is 12.1. The number of carbonyl (C=O) groups is 3. The van der Waals surface area contributed by atoms with Crippen LogP contribution in [0.1, 0.15) is 38.8 Å². The first-order valence-electron chi connectivity index (χ1n) is 7.62. The summed E-state index contributed by atoms with van der Waals surface area (Å²) in [6, 6.07) is 2.51. The lowest BCUT2D eigenvalue weighted by atomic mass is 9.95. The minimum Gasteiger partial charge on any atom is -0.466 e. The zero-order valence-electron chi connectivity index (χ0n) is 13.9. The fraction of sp³-hybridized carbons (Fsp3) is 0.500. The molecule has 0 saturated carbocycles. The molecule has 2 atom stereocenters. The smallest absolute Gasteiger partial charge is 0.315 e. The molecular formula is C16H21ClN2O5. The van der Waals surface area contributed by atoms with Crippen LogP contribution in [0.3, 0.4) is 0 Å². The summed E-state index contributed by atoms with van der Waals surface area (Å²) in [5, 5.41) is 2.95. The molecule has 132 valence electrons. The molecule has 1 aromatic rings. The molecular weight excluding hydrogens is 336 g/mol. The van der Waals surface area contributed by atoms with E-state index in [1.165, 1.54) is 6.20 Å². The van der Waals surface area contributed by atoms with Crippen LogP contribution in [-0.2, 0) is 23.9 Å². The van der Waals surface area contributed by atoms with E-state index in [4.69, 9.17) is 21.1 Å². The van der Waals surface area contributed by atoms with Gasteiger partial charge in [0.25, 0.3) is 0 Å². The van der Waals surface area contributed by atoms with Crippen LogP contribution < -0.4 is 5.32 Å². The van der Waals surface area contributed by atoms with Crippen molar-refractivity contribution in [3.05, 3.63) is 29.0 Å². The molecule has 0 saturated heterocycles. The highest BCUT2D eigenvalue weighted by molar-refractivity contribution is 6.29. The molecule has 0 aromatic carbocycles. The Morgan fingerprint density at radius 1 is 1.21 bits per heavy atom. The SMILES string of the molecule is CCOC(=O)CC(=O)NC(c1ccc(Cl)nc1)C(C)C(=O)OCC. The number of hydrogen-bond donors (Lipinski definition) is 1. The second-order valence-electron chi connectivity index (χ2n) is 4.98. The first-order chi connectivity index (χ1) is 11.4. The summed E-state index contributed by atoms with van der Waals surface area (Å²) in [7, 11) is 0. The van der Waals surface area contributed by atoms with Gasteiger partial charge >= 0.3 is 11.9 Å². The van der Waals surface area contributed by atoms with E-state index >= 15 is 0 Å². The molecule has 0 radical (unpaired) electrons. The maximum atomic E-state index is 12.1. The molecule has 0 spiro atoms. The summed E-state index contributed by atoms with van der Waals surface area (Å²) in [6.07, 6.45) is 1.04. The van der Waals surface area contributed by atoms with Gasteiger partial charge in [-0.25, -0.2) is 4.98 Å². The van der Waals surface area contributed by atoms with Gasteiger partial charge in [-0.15, -0.1) is 0 Å². The van der Waals surface area contributed by atoms with E-state index in [1.54, 1.807) is 32.9 Å². The fourth-order valence-corrected chi connectivity index (χ4v) is 2.16. The molecule has 0 aliphatic rings. The molecule has 0 fully saturated rings. The van der Waals surface area contributed by atoms with Crippen molar-refractivity contribution < 1.29 is 23.9 Å². The van der Waals surface area contributed by atoms with Crippen LogP contribution in [0.4, 0.5) is 0 Å². The highest BCUT2D eigenvalue weighted by Crippen LogP contribution is 2.24. The molecule has 1 amide bonds. The average Bonchev–Trinajstić information content (AvgIpc) is 2.53. The van der Waals surface area contributed by atoms with Crippen LogP contribution in [0.15, 0.2) is 18.3 Å². The van der Waals surface area contributed by atoms with Gasteiger partial charge in [-0.1, -0.05) is 17.7 Å². The molecule has 0 aliphatic carbocycles. The quantitative estimate of drug-likeness (QED) is 0.435. The summed E-state index contributed by atoms with van der Waals surface area (Å²) in [5.41, 5.74) is 0.581. The number of esters is 2. The Hall–Kier alpha value is -2.15. The summed E-state index contributed by atoms with van der Waals surface area (Å²) in [5.74, 6) is -2.32. The van der Waals surface area contributed by atoms with E-state index in [1.807, 2.05) is 0 Å². The van der Waals surface area contributed by atoms with E-state index in [-0.39, 0.29) is 13.2 Å². The first kappa shape index (κ1) is 19.9. The predicted octanol–water partition coefficient (Wildman–Crippen LogP) is 2.04. The lowest BCUT2D eigenvalue weighted by Gasteiger charge is -2.24. The van der Waals surface area contributed by atoms with E-state index < -0.39 is 36.2 Å². The normalized spacial score (nSPS) is 12.8. The third kappa shape index (κ3) is 6.16. The van der Waals surface area contributed by atoms with Crippen molar-refractivity contribution in [2.24, 2.45) is 5.92 Å². The minimum absolute atomic E-state index is 0.190. The molecule has 1 N–H and O–H groups in total. The molecule has 1 heterocycles. The van der Waals surface area contributed by atoms with E-state index in [0.717, 1.165) is 0 Å². The van der Waals surface area contributed by atoms with Crippen LogP contribution in [0.2, 0.25) is 5.15 Å². The van der Waals surface area contributed by atoms with Crippen molar-refractivity contribution in [3.63, 3.8) is 0 Å². The van der Waals surface area contributed by atoms with Crippen molar-refractivity contribution in [1.29, 1.82) is 0 Å². The maximum Gasteiger partial charge on any atom is 0.315 e. The van der Waals surface area contributed by atoms with Gasteiger partial charge in [-0.3, -0.25) is 14.4 Å². The number of nitrogens with one attached hydrogen (secondary N) is 1. The molecule has 2 unspecified atom stereocenters. The van der Waals surface area contributed by atoms with Crippen molar-refractivity contribution in [2.45, 2.75) is 33.2 Å². The van der Waals surface area contributed by atoms with Crippen LogP contribution in [0, 0.1) is 5.92 Å². The lowest BCUT2D eigenvalue weighted by Crippen LogP contribution is -2.37. The minimum atomic E-state index is -0.698. The fourth-order valence-electron chi connectivity index (χ4n) is 2.05. The highest BCUT2D eigenvalue weighted by Gasteiger charge is 2.29. The number of ether oxygens (including phenoxy) is 2. The number of hydrogen-bond acceptors (Lipinski definition) is 6. The number of carbonyl (C=O) groups excluding carboxylic acids is 3. The van der Waals surface area contributed by atoms with Crippen molar-refractivity contribution >= 4 is 29.4 Å². The second kappa shape index (κ2) is 9.87. The standard InChI is InChI=1S/C16H21ClN2O5/c1-4-23-14(21)8-13(20)19-15(10(3)16(22)24-5-2)11-6-7-12(17)18-9-11/h6-7,9-10,15H,4-5,8H2,1-3H3,(H,19,20). The summed E-state index contributed by atoms with van der Waals surface area (Å²) < 4.78 is 9.74. The van der Waals surface area contributed by atoms with Crippen LogP contribution >= 0.6 is 11.6 Å². The summed E-state index contributed by atoms with van der Waals surface area (Å²) >= 11 is 5.77. The Bertz CT molecular complexity index is 576. The molecule has 0 aliphatic heterocycles. The van der Waals surface area contributed by atoms with Crippen LogP contribution in [0.25, 0.3) is 0 Å². The first-order valence-corrected chi connectivity index (χ1v) is 7.99. The van der Waals surface area contributed by atoms with Crippen LogP contribution in [0.5, 0.6) is 0 Å². The molecule has 1 aromatic heterocycles. The molecule has 7 nitrogen and oxygen atoms in total. The van der Waals surface area contributed by atoms with Crippen molar-refractivity contribution in [3.8, 4) is 0 Å². The Morgan fingerprint density at radius 2 is 1.88 bits per heavy atom. The third-order valence-electron chi connectivity index (χ3n) is 3.19. The molecule has 1 rings (SSSR count). The lowest BCUT2D eigenvalue weighted by molar-refractivity contribution is -0.148. The van der Waals surface area contributed by atoms with Crippen molar-refractivity contribution in [1.82, 2.24) is 10.3 Å². The van der Waals surface area contributed by atoms with Gasteiger partial charge in [0.05, 0.1) is 25.2 Å². The van der Waals surface area contributed by atoms with E-state index in [0.29, 0.717) is 10.7 Å². The van der Waals surface area contributed by atoms with Crippen LogP contribution in [-0.4, -0.2) is 36.0 Å². The third-order valence-corrected chi connectivity index (χ3v) is 3.42. The highest BCUT2D eigenvalue weighted by atomic mass is 35.5. The number of amides is 1. The zero-order valence-corrected chi connectivity index (χ0v) is 14.6. The van der Waals surface area contributed by atoms with Crippen molar-refractivity contribution in [2.75, 3.05) is 13.2 Å². The number of halogens is 1. The zero-order chi connectivity index (χ0) is 18.1. The largest absolute Gasteiger partial charge is 0.466 e. The van der Waals surface area contributed by atoms with E-state index in [9.17, 15) is 14.4 Å². The van der Waals surface area contributed by atoms with Gasteiger partial charge in [-0.2, -0.15) is 0 Å². The average molecular weight is 357 g/mol. The summed E-state index contributed by atoms with van der Waals surface area (Å²) in [6.45, 7) is 5.40. The topological polar surface area (TPSA) is 94.6 Å². The van der Waals surface area contributed by atoms with Gasteiger partial charge in [0.2, 0.25) is 5.91 Å². The van der Waals surface area contributed by atoms with Gasteiger partial charge in [0.1, 0.15) is 11.6 Å². The van der Waals surface area contributed by atoms with Gasteiger partial charge < -0.3 is 14.8 Å². The number of nitrogens with zero attached hydrogens (tertiary/aromatic N) is 1. The second-order valence-corrected chi connectivity index (χ2v) is 5.37. The predicted molar refractivity (Wildman–Crippen MR) is 87.2 cm³/mol. The Balaban J connectivity index is 2.92. The monoisotopic (exact) mass is 356 g/mol. The molecule has 8 heteroatoms. The number of pyridine rings is 1. The van der Waals surface area contributed by atoms with Gasteiger partial charge in [0.15, 0.2) is 0 Å². The number of rotatable bonds is 8. The van der Waals surface area contributed by atoms with Gasteiger partial charge in [0, 0.05) is 6.20 Å². The summed E-state index contributed by atoms with van der Waals surface area (Å²) in [4.78, 5) is 39.4. The van der Waals surface area contributed by atoms with E-state index in [2.05, 4.69) is 10.3 Å². The molecule has 0 bridgehead atoms. The molecule has 24 heavy (non-hydrogen) atoms. The Morgan fingerprint density at radius 3 is 2.42 bits per heavy atom. The Labute approximate surface area is 145 Å². The number of aromatic nitrogens is 1.